The second-order valence-corrected chi connectivity index (χ2v) is 10.3. The van der Waals surface area contributed by atoms with Crippen LogP contribution < -0.4 is 9.64 Å². The summed E-state index contributed by atoms with van der Waals surface area (Å²) in [6.07, 6.45) is 1.67. The number of hydrogen-bond donors (Lipinski definition) is 1. The Morgan fingerprint density at radius 2 is 1.86 bits per heavy atom. The van der Waals surface area contributed by atoms with E-state index < -0.39 is 5.82 Å². The summed E-state index contributed by atoms with van der Waals surface area (Å²) in [7, 11) is 0. The van der Waals surface area contributed by atoms with Crippen LogP contribution in [0.15, 0.2) is 85.1 Å². The number of aliphatic hydroxyl groups is 1. The Morgan fingerprint density at radius 1 is 1.00 bits per heavy atom. The van der Waals surface area contributed by atoms with Crippen molar-refractivity contribution in [2.45, 2.75) is 20.5 Å². The molecule has 1 saturated heterocycles. The number of hydrogen-bond acceptors (Lipinski definition) is 5. The lowest BCUT2D eigenvalue weighted by atomic mass is 10.0. The zero-order valence-electron chi connectivity index (χ0n) is 23.6. The number of anilines is 1. The van der Waals surface area contributed by atoms with Crippen molar-refractivity contribution in [3.63, 3.8) is 0 Å². The summed E-state index contributed by atoms with van der Waals surface area (Å²) in [5.41, 5.74) is 3.92. The van der Waals surface area contributed by atoms with Gasteiger partial charge < -0.3 is 19.6 Å². The number of nitrogens with zero attached hydrogens (tertiary/aromatic N) is 4. The normalized spacial score (nSPS) is 13.5. The van der Waals surface area contributed by atoms with Gasteiger partial charge in [0.2, 0.25) is 0 Å². The molecule has 6 rings (SSSR count). The predicted octanol–water partition coefficient (Wildman–Crippen LogP) is 6.16. The number of amides is 1. The molecule has 8 heteroatoms. The van der Waals surface area contributed by atoms with E-state index in [1.807, 2.05) is 81.1 Å². The van der Waals surface area contributed by atoms with Crippen molar-refractivity contribution >= 4 is 22.4 Å². The Kier molecular flexibility index (Phi) is 7.63. The van der Waals surface area contributed by atoms with Gasteiger partial charge in [-0.3, -0.25) is 9.36 Å². The standard InChI is InChI=1S/C34H32FN4O3/c1-3-42-28-9-6-8-26(20-28)39-21-32(36-33(39)30-12-11-23(2)17-31(30)35)34(41)38-15-13-37(14-16-38)27-18-24-7-4-5-10-29(24)25(19-27)22-40/h4-12,15,17-21,40H,3,13-14,16,22H2,1-2H3. The van der Waals surface area contributed by atoms with Gasteiger partial charge in [0, 0.05) is 37.6 Å². The Bertz CT molecular complexity index is 1760. The summed E-state index contributed by atoms with van der Waals surface area (Å²) in [5, 5.41) is 12.0. The van der Waals surface area contributed by atoms with Gasteiger partial charge in [-0.1, -0.05) is 36.4 Å². The zero-order chi connectivity index (χ0) is 29.2. The molecule has 0 spiro atoms. The molecule has 5 aromatic rings. The molecule has 42 heavy (non-hydrogen) atoms. The first-order valence-corrected chi connectivity index (χ1v) is 14.1. The fourth-order valence-electron chi connectivity index (χ4n) is 5.42. The topological polar surface area (TPSA) is 70.8 Å². The van der Waals surface area contributed by atoms with Crippen LogP contribution in [0.4, 0.5) is 10.1 Å². The van der Waals surface area contributed by atoms with Crippen LogP contribution in [0.3, 0.4) is 0 Å². The van der Waals surface area contributed by atoms with Gasteiger partial charge in [-0.05, 0) is 72.1 Å². The molecule has 0 aliphatic carbocycles. The van der Waals surface area contributed by atoms with Gasteiger partial charge in [0.25, 0.3) is 5.91 Å². The van der Waals surface area contributed by atoms with Gasteiger partial charge in [-0.25, -0.2) is 9.37 Å². The third kappa shape index (κ3) is 5.33. The highest BCUT2D eigenvalue weighted by molar-refractivity contribution is 5.94. The number of fused-ring (bicyclic) bond motifs is 1. The molecule has 1 fully saturated rings. The number of carbonyl (C=O) groups is 1. The molecule has 1 aliphatic rings. The second kappa shape index (κ2) is 11.7. The van der Waals surface area contributed by atoms with Crippen LogP contribution in [0.5, 0.6) is 5.75 Å². The number of ether oxygens (including phenoxy) is 1. The van der Waals surface area contributed by atoms with Crippen molar-refractivity contribution in [3.8, 4) is 22.8 Å². The van der Waals surface area contributed by atoms with Crippen LogP contribution in [0.1, 0.15) is 28.5 Å². The maximum absolute atomic E-state index is 15.2. The summed E-state index contributed by atoms with van der Waals surface area (Å²) in [6, 6.07) is 24.6. The van der Waals surface area contributed by atoms with E-state index in [4.69, 9.17) is 4.74 Å². The van der Waals surface area contributed by atoms with Crippen molar-refractivity contribution in [1.82, 2.24) is 14.5 Å². The van der Waals surface area contributed by atoms with Gasteiger partial charge in [-0.2, -0.15) is 0 Å². The first kappa shape index (κ1) is 27.5. The van der Waals surface area contributed by atoms with E-state index in [1.54, 1.807) is 21.7 Å². The van der Waals surface area contributed by atoms with Crippen LogP contribution in [-0.2, 0) is 6.61 Å². The minimum Gasteiger partial charge on any atom is -0.494 e. The number of rotatable bonds is 7. The molecular formula is C34H32FN4O3. The van der Waals surface area contributed by atoms with Crippen LogP contribution in [0.2, 0.25) is 0 Å². The number of carbonyl (C=O) groups excluding carboxylic acids is 1. The van der Waals surface area contributed by atoms with Crippen LogP contribution >= 0.6 is 0 Å². The maximum atomic E-state index is 15.2. The zero-order valence-corrected chi connectivity index (χ0v) is 23.6. The first-order chi connectivity index (χ1) is 20.4. The third-order valence-corrected chi connectivity index (χ3v) is 7.56. The third-order valence-electron chi connectivity index (χ3n) is 7.56. The summed E-state index contributed by atoms with van der Waals surface area (Å²) in [5.74, 6) is 0.363. The number of imidazole rings is 1. The summed E-state index contributed by atoms with van der Waals surface area (Å²) in [6.45, 7) is 7.66. The fourth-order valence-corrected chi connectivity index (χ4v) is 5.42. The SMILES string of the molecule is CCOc1cccc(-n2cc(C(=O)N3[CH]CN(c4cc(CO)c5ccccc5c4)CC3)nc2-c2ccc(C)cc2F)c1. The smallest absolute Gasteiger partial charge is 0.274 e. The molecule has 1 N–H and O–H groups in total. The van der Waals surface area contributed by atoms with Crippen molar-refractivity contribution in [3.05, 3.63) is 114 Å². The van der Waals surface area contributed by atoms with Crippen molar-refractivity contribution in [2.24, 2.45) is 0 Å². The van der Waals surface area contributed by atoms with Crippen LogP contribution in [0.25, 0.3) is 27.8 Å². The van der Waals surface area contributed by atoms with E-state index in [9.17, 15) is 9.90 Å². The molecule has 7 nitrogen and oxygen atoms in total. The van der Waals surface area contributed by atoms with E-state index in [2.05, 4.69) is 16.0 Å². The molecule has 1 aliphatic heterocycles. The largest absolute Gasteiger partial charge is 0.494 e. The number of aliphatic hydroxyl groups excluding tert-OH is 1. The molecule has 4 aromatic carbocycles. The molecule has 2 heterocycles. The molecule has 0 saturated carbocycles. The van der Waals surface area contributed by atoms with E-state index in [-0.39, 0.29) is 18.2 Å². The number of piperazine rings is 1. The molecule has 1 radical (unpaired) electrons. The number of halogens is 1. The fraction of sp³-hybridized carbons (Fsp3) is 0.206. The minimum atomic E-state index is -0.403. The first-order valence-electron chi connectivity index (χ1n) is 14.1. The molecule has 0 bridgehead atoms. The highest BCUT2D eigenvalue weighted by Gasteiger charge is 2.27. The molecule has 1 amide bonds. The highest BCUT2D eigenvalue weighted by atomic mass is 19.1. The lowest BCUT2D eigenvalue weighted by molar-refractivity contribution is 0.0784. The number of aromatic nitrogens is 2. The van der Waals surface area contributed by atoms with Crippen molar-refractivity contribution in [2.75, 3.05) is 31.1 Å². The second-order valence-electron chi connectivity index (χ2n) is 10.3. The Hall–Kier alpha value is -4.69. The number of benzene rings is 4. The Labute approximate surface area is 244 Å². The summed E-state index contributed by atoms with van der Waals surface area (Å²) >= 11 is 0. The molecular weight excluding hydrogens is 531 g/mol. The lowest BCUT2D eigenvalue weighted by Crippen LogP contribution is -2.46. The average molecular weight is 564 g/mol. The highest BCUT2D eigenvalue weighted by Crippen LogP contribution is 2.30. The van der Waals surface area contributed by atoms with Crippen molar-refractivity contribution in [1.29, 1.82) is 0 Å². The minimum absolute atomic E-state index is 0.0451. The van der Waals surface area contributed by atoms with Gasteiger partial charge in [0.05, 0.1) is 31.0 Å². The maximum Gasteiger partial charge on any atom is 0.274 e. The van der Waals surface area contributed by atoms with Gasteiger partial charge in [0.1, 0.15) is 23.1 Å². The van der Waals surface area contributed by atoms with E-state index in [0.717, 1.165) is 27.6 Å². The van der Waals surface area contributed by atoms with E-state index >= 15 is 4.39 Å². The van der Waals surface area contributed by atoms with Gasteiger partial charge in [0.15, 0.2) is 0 Å². The molecule has 1 aromatic heterocycles. The lowest BCUT2D eigenvalue weighted by Gasteiger charge is -2.35. The molecule has 213 valence electrons. The summed E-state index contributed by atoms with van der Waals surface area (Å²) < 4.78 is 22.6. The predicted molar refractivity (Wildman–Crippen MR) is 162 cm³/mol. The van der Waals surface area contributed by atoms with Gasteiger partial charge >= 0.3 is 0 Å². The van der Waals surface area contributed by atoms with Crippen LogP contribution in [0, 0.1) is 19.3 Å². The average Bonchev–Trinajstić information content (AvgIpc) is 3.46. The molecule has 0 unspecified atom stereocenters. The monoisotopic (exact) mass is 563 g/mol. The van der Waals surface area contributed by atoms with E-state index in [0.29, 0.717) is 49.1 Å². The van der Waals surface area contributed by atoms with Crippen molar-refractivity contribution < 1.29 is 19.0 Å². The molecule has 0 atom stereocenters. The van der Waals surface area contributed by atoms with Crippen LogP contribution in [-0.4, -0.2) is 51.7 Å². The Balaban J connectivity index is 1.28. The van der Waals surface area contributed by atoms with E-state index in [1.165, 1.54) is 6.07 Å². The summed E-state index contributed by atoms with van der Waals surface area (Å²) in [4.78, 5) is 22.2. The van der Waals surface area contributed by atoms with Gasteiger partial charge in [-0.15, -0.1) is 0 Å². The number of aryl methyl sites for hydroxylation is 1. The quantitative estimate of drug-likeness (QED) is 0.257. The Morgan fingerprint density at radius 3 is 2.62 bits per heavy atom.